The van der Waals surface area contributed by atoms with E-state index >= 15 is 0 Å². The van der Waals surface area contributed by atoms with Gasteiger partial charge in [-0.15, -0.1) is 0 Å². The minimum atomic E-state index is -1.58. The Balaban J connectivity index is 2.29. The summed E-state index contributed by atoms with van der Waals surface area (Å²) in [5.74, 6) is 0. The average Bonchev–Trinajstić information content (AvgIpc) is 2.71. The van der Waals surface area contributed by atoms with Crippen LogP contribution in [0.4, 0.5) is 0 Å². The van der Waals surface area contributed by atoms with E-state index in [2.05, 4.69) is 0 Å². The smallest absolute Gasteiger partial charge is 0.423 e. The van der Waals surface area contributed by atoms with Gasteiger partial charge in [-0.2, -0.15) is 0 Å². The van der Waals surface area contributed by atoms with E-state index in [1.165, 1.54) is 0 Å². The summed E-state index contributed by atoms with van der Waals surface area (Å²) in [5, 5.41) is 18.4. The predicted molar refractivity (Wildman–Crippen MR) is 55.9 cm³/mol. The molecule has 0 saturated carbocycles. The molecule has 0 aliphatic carbocycles. The third kappa shape index (κ3) is 2.33. The Morgan fingerprint density at radius 3 is 2.53 bits per heavy atom. The van der Waals surface area contributed by atoms with Gasteiger partial charge in [-0.25, -0.2) is 0 Å². The summed E-state index contributed by atoms with van der Waals surface area (Å²) >= 11 is 5.80. The molecule has 2 N–H and O–H groups in total. The maximum atomic E-state index is 9.06. The SMILES string of the molecule is OB(O)c1cc(C2OCCO2)ccc1Cl. The molecule has 1 aliphatic heterocycles. The summed E-state index contributed by atoms with van der Waals surface area (Å²) in [6, 6.07) is 4.91. The normalized spacial score (nSPS) is 17.0. The first-order valence-electron chi connectivity index (χ1n) is 4.57. The molecule has 0 amide bonds. The highest BCUT2D eigenvalue weighted by Crippen LogP contribution is 2.23. The van der Waals surface area contributed by atoms with Crippen molar-refractivity contribution in [1.29, 1.82) is 0 Å². The van der Waals surface area contributed by atoms with E-state index in [-0.39, 0.29) is 5.46 Å². The highest BCUT2D eigenvalue weighted by Gasteiger charge is 2.22. The molecule has 1 heterocycles. The van der Waals surface area contributed by atoms with Crippen LogP contribution in [0.5, 0.6) is 0 Å². The largest absolute Gasteiger partial charge is 0.489 e. The summed E-state index contributed by atoms with van der Waals surface area (Å²) in [6.45, 7) is 1.09. The minimum absolute atomic E-state index is 0.258. The van der Waals surface area contributed by atoms with Crippen LogP contribution < -0.4 is 5.46 Å². The highest BCUT2D eigenvalue weighted by atomic mass is 35.5. The number of hydrogen-bond donors (Lipinski definition) is 2. The van der Waals surface area contributed by atoms with Gasteiger partial charge in [0.2, 0.25) is 0 Å². The summed E-state index contributed by atoms with van der Waals surface area (Å²) < 4.78 is 10.6. The molecule has 0 aromatic heterocycles. The zero-order valence-electron chi connectivity index (χ0n) is 7.89. The molecule has 1 fully saturated rings. The van der Waals surface area contributed by atoms with E-state index in [0.717, 1.165) is 5.56 Å². The highest BCUT2D eigenvalue weighted by molar-refractivity contribution is 6.62. The average molecular weight is 228 g/mol. The second kappa shape index (κ2) is 4.51. The molecular weight excluding hydrogens is 218 g/mol. The minimum Gasteiger partial charge on any atom is -0.423 e. The first-order valence-corrected chi connectivity index (χ1v) is 4.95. The van der Waals surface area contributed by atoms with Crippen LogP contribution in [-0.2, 0) is 9.47 Å². The predicted octanol–water partition coefficient (Wildman–Crippen LogP) is 0.0652. The maximum Gasteiger partial charge on any atom is 0.489 e. The van der Waals surface area contributed by atoms with Gasteiger partial charge in [-0.3, -0.25) is 0 Å². The Bertz CT molecular complexity index is 352. The molecular formula is C9H10BClO4. The molecule has 2 rings (SSSR count). The number of ether oxygens (including phenoxy) is 2. The van der Waals surface area contributed by atoms with Crippen LogP contribution in [0.2, 0.25) is 5.02 Å². The number of rotatable bonds is 2. The standard InChI is InChI=1S/C9H10BClO4/c11-8-2-1-6(5-7(8)10(12)13)9-14-3-4-15-9/h1-2,5,9,12-13H,3-4H2. The van der Waals surface area contributed by atoms with Crippen molar-refractivity contribution in [2.45, 2.75) is 6.29 Å². The molecule has 0 spiro atoms. The first-order chi connectivity index (χ1) is 7.18. The van der Waals surface area contributed by atoms with Gasteiger partial charge in [0.25, 0.3) is 0 Å². The van der Waals surface area contributed by atoms with E-state index in [9.17, 15) is 0 Å². The molecule has 0 unspecified atom stereocenters. The number of hydrogen-bond acceptors (Lipinski definition) is 4. The van der Waals surface area contributed by atoms with Crippen molar-refractivity contribution in [2.75, 3.05) is 13.2 Å². The molecule has 1 aromatic carbocycles. The van der Waals surface area contributed by atoms with Crippen LogP contribution in [0.3, 0.4) is 0 Å². The molecule has 1 aliphatic rings. The van der Waals surface area contributed by atoms with Gasteiger partial charge in [0.1, 0.15) is 0 Å². The number of halogens is 1. The zero-order valence-corrected chi connectivity index (χ0v) is 8.65. The third-order valence-electron chi connectivity index (χ3n) is 2.19. The van der Waals surface area contributed by atoms with Gasteiger partial charge in [0.15, 0.2) is 6.29 Å². The first kappa shape index (κ1) is 10.9. The Morgan fingerprint density at radius 2 is 1.93 bits per heavy atom. The lowest BCUT2D eigenvalue weighted by molar-refractivity contribution is -0.0440. The van der Waals surface area contributed by atoms with Crippen LogP contribution >= 0.6 is 11.6 Å². The van der Waals surface area contributed by atoms with E-state index in [0.29, 0.717) is 18.2 Å². The second-order valence-corrected chi connectivity index (χ2v) is 3.64. The Labute approximate surface area is 92.5 Å². The van der Waals surface area contributed by atoms with E-state index in [4.69, 9.17) is 31.1 Å². The van der Waals surface area contributed by atoms with Crippen LogP contribution in [0.15, 0.2) is 18.2 Å². The zero-order chi connectivity index (χ0) is 10.8. The maximum absolute atomic E-state index is 9.06. The van der Waals surface area contributed by atoms with Crippen LogP contribution in [0.1, 0.15) is 11.9 Å². The lowest BCUT2D eigenvalue weighted by Crippen LogP contribution is -2.31. The molecule has 1 aromatic rings. The van der Waals surface area contributed by atoms with E-state index in [1.54, 1.807) is 18.2 Å². The molecule has 0 bridgehead atoms. The molecule has 1 saturated heterocycles. The molecule has 0 atom stereocenters. The molecule has 80 valence electrons. The van der Waals surface area contributed by atoms with Gasteiger partial charge in [0.05, 0.1) is 13.2 Å². The monoisotopic (exact) mass is 228 g/mol. The van der Waals surface area contributed by atoms with Gasteiger partial charge in [0, 0.05) is 16.0 Å². The lowest BCUT2D eigenvalue weighted by atomic mass is 9.79. The summed E-state index contributed by atoms with van der Waals surface area (Å²) in [7, 11) is -1.58. The molecule has 4 nitrogen and oxygen atoms in total. The Hall–Kier alpha value is -0.585. The van der Waals surface area contributed by atoms with Gasteiger partial charge < -0.3 is 19.5 Å². The van der Waals surface area contributed by atoms with E-state index < -0.39 is 13.4 Å². The fraction of sp³-hybridized carbons (Fsp3) is 0.333. The van der Waals surface area contributed by atoms with E-state index in [1.807, 2.05) is 0 Å². The van der Waals surface area contributed by atoms with Gasteiger partial charge in [-0.1, -0.05) is 23.7 Å². The summed E-state index contributed by atoms with van der Waals surface area (Å²) in [4.78, 5) is 0. The van der Waals surface area contributed by atoms with Crippen molar-refractivity contribution in [3.63, 3.8) is 0 Å². The summed E-state index contributed by atoms with van der Waals surface area (Å²) in [6.07, 6.45) is -0.431. The second-order valence-electron chi connectivity index (χ2n) is 3.23. The van der Waals surface area contributed by atoms with Crippen molar-refractivity contribution in [3.8, 4) is 0 Å². The van der Waals surface area contributed by atoms with Crippen molar-refractivity contribution in [2.24, 2.45) is 0 Å². The van der Waals surface area contributed by atoms with Crippen LogP contribution in [0, 0.1) is 0 Å². The molecule has 0 radical (unpaired) electrons. The fourth-order valence-electron chi connectivity index (χ4n) is 1.46. The molecule has 6 heteroatoms. The van der Waals surface area contributed by atoms with Gasteiger partial charge in [-0.05, 0) is 6.07 Å². The summed E-state index contributed by atoms with van der Waals surface area (Å²) in [5.41, 5.74) is 0.994. The Morgan fingerprint density at radius 1 is 1.27 bits per heavy atom. The van der Waals surface area contributed by atoms with Gasteiger partial charge >= 0.3 is 7.12 Å². The Kier molecular flexibility index (Phi) is 3.28. The quantitative estimate of drug-likeness (QED) is 0.703. The number of benzene rings is 1. The van der Waals surface area contributed by atoms with Crippen molar-refractivity contribution < 1.29 is 19.5 Å². The van der Waals surface area contributed by atoms with Crippen molar-refractivity contribution >= 4 is 24.2 Å². The van der Waals surface area contributed by atoms with Crippen molar-refractivity contribution in [3.05, 3.63) is 28.8 Å². The van der Waals surface area contributed by atoms with Crippen molar-refractivity contribution in [1.82, 2.24) is 0 Å². The van der Waals surface area contributed by atoms with Crippen LogP contribution in [-0.4, -0.2) is 30.4 Å². The lowest BCUT2D eigenvalue weighted by Gasteiger charge is -2.11. The third-order valence-corrected chi connectivity index (χ3v) is 2.54. The molecule has 15 heavy (non-hydrogen) atoms. The fourth-order valence-corrected chi connectivity index (χ4v) is 1.67. The topological polar surface area (TPSA) is 58.9 Å². The van der Waals surface area contributed by atoms with Crippen LogP contribution in [0.25, 0.3) is 0 Å².